The molecule has 0 bridgehead atoms. The van der Waals surface area contributed by atoms with Crippen molar-refractivity contribution in [2.75, 3.05) is 66.9 Å². The summed E-state index contributed by atoms with van der Waals surface area (Å²) in [5.74, 6) is 0.664. The number of carbonyl (C=O) groups is 2. The van der Waals surface area contributed by atoms with E-state index in [9.17, 15) is 9.59 Å². The van der Waals surface area contributed by atoms with E-state index in [2.05, 4.69) is 47.7 Å². The second-order valence-corrected chi connectivity index (χ2v) is 10.7. The average molecular weight is 609 g/mol. The van der Waals surface area contributed by atoms with Crippen LogP contribution in [0.15, 0.2) is 71.2 Å². The van der Waals surface area contributed by atoms with E-state index >= 15 is 0 Å². The molecule has 2 aliphatic rings. The number of carbonyl (C=O) groups excluding carboxylic acids is 2. The summed E-state index contributed by atoms with van der Waals surface area (Å²) in [4.78, 5) is 30.6. The maximum Gasteiger partial charge on any atom is 0.323 e. The Morgan fingerprint density at radius 1 is 0.925 bits per heavy atom. The second kappa shape index (κ2) is 13.1. The van der Waals surface area contributed by atoms with Crippen molar-refractivity contribution in [3.05, 3.63) is 76.8 Å². The van der Waals surface area contributed by atoms with Gasteiger partial charge in [0.05, 0.1) is 24.5 Å². The summed E-state index contributed by atoms with van der Waals surface area (Å²) < 4.78 is 12.2. The Labute approximate surface area is 243 Å². The van der Waals surface area contributed by atoms with Gasteiger partial charge in [0, 0.05) is 60.9 Å². The number of halogens is 1. The summed E-state index contributed by atoms with van der Waals surface area (Å²) in [6.45, 7) is 4.23. The number of benzene rings is 3. The number of nitrogens with zero attached hydrogens (tertiary/aromatic N) is 2. The van der Waals surface area contributed by atoms with Gasteiger partial charge in [-0.3, -0.25) is 4.79 Å². The van der Waals surface area contributed by atoms with Gasteiger partial charge in [0.2, 0.25) is 0 Å². The molecule has 5 rings (SSSR count). The lowest BCUT2D eigenvalue weighted by Crippen LogP contribution is -2.47. The summed E-state index contributed by atoms with van der Waals surface area (Å²) in [6.07, 6.45) is 1.99. The third kappa shape index (κ3) is 6.86. The number of piperazine rings is 1. The minimum Gasteiger partial charge on any atom is -0.495 e. The topological polar surface area (TPSA) is 95.2 Å². The Balaban J connectivity index is 1.31. The number of urea groups is 1. The van der Waals surface area contributed by atoms with Crippen LogP contribution in [0.5, 0.6) is 5.75 Å². The van der Waals surface area contributed by atoms with Gasteiger partial charge in [0.1, 0.15) is 5.75 Å². The van der Waals surface area contributed by atoms with Crippen LogP contribution in [0.25, 0.3) is 0 Å². The number of nitrogens with one attached hydrogen (secondary N) is 3. The third-order valence-electron chi connectivity index (χ3n) is 7.16. The number of amides is 3. The van der Waals surface area contributed by atoms with Gasteiger partial charge in [-0.1, -0.05) is 28.1 Å². The molecule has 2 aliphatic heterocycles. The summed E-state index contributed by atoms with van der Waals surface area (Å²) in [7, 11) is 1.69. The Morgan fingerprint density at radius 2 is 1.60 bits per heavy atom. The Kier molecular flexibility index (Phi) is 9.08. The van der Waals surface area contributed by atoms with E-state index in [1.54, 1.807) is 25.3 Å². The van der Waals surface area contributed by atoms with Crippen LogP contribution in [0.1, 0.15) is 23.2 Å². The van der Waals surface area contributed by atoms with Crippen molar-refractivity contribution in [1.29, 1.82) is 0 Å². The molecule has 10 heteroatoms. The van der Waals surface area contributed by atoms with Crippen LogP contribution in [-0.2, 0) is 4.74 Å². The lowest BCUT2D eigenvalue weighted by Gasteiger charge is -2.38. The van der Waals surface area contributed by atoms with Gasteiger partial charge in [0.15, 0.2) is 0 Å². The number of para-hydroxylation sites is 2. The molecule has 3 aromatic carbocycles. The zero-order chi connectivity index (χ0) is 27.9. The zero-order valence-electron chi connectivity index (χ0n) is 22.5. The molecule has 0 saturated carbocycles. The van der Waals surface area contributed by atoms with Gasteiger partial charge in [-0.15, -0.1) is 0 Å². The average Bonchev–Trinajstić information content (AvgIpc) is 3.51. The highest BCUT2D eigenvalue weighted by atomic mass is 79.9. The molecular formula is C30H34BrN5O4. The Hall–Kier alpha value is -3.76. The minimum absolute atomic E-state index is 0.0368. The smallest absolute Gasteiger partial charge is 0.323 e. The summed E-state index contributed by atoms with van der Waals surface area (Å²) in [6, 6.07) is 20.4. The first-order valence-corrected chi connectivity index (χ1v) is 14.3. The van der Waals surface area contributed by atoms with Gasteiger partial charge in [0.25, 0.3) is 5.91 Å². The molecule has 2 fully saturated rings. The Morgan fingerprint density at radius 3 is 2.30 bits per heavy atom. The molecule has 2 saturated heterocycles. The van der Waals surface area contributed by atoms with E-state index in [1.165, 1.54) is 0 Å². The van der Waals surface area contributed by atoms with Crippen LogP contribution in [0.3, 0.4) is 0 Å². The van der Waals surface area contributed by atoms with E-state index in [-0.39, 0.29) is 18.0 Å². The molecule has 40 heavy (non-hydrogen) atoms. The molecule has 3 N–H and O–H groups in total. The minimum atomic E-state index is -0.383. The first kappa shape index (κ1) is 27.8. The van der Waals surface area contributed by atoms with Gasteiger partial charge < -0.3 is 35.2 Å². The third-order valence-corrected chi connectivity index (χ3v) is 7.69. The fourth-order valence-corrected chi connectivity index (χ4v) is 5.35. The fraction of sp³-hybridized carbons (Fsp3) is 0.333. The highest BCUT2D eigenvalue weighted by Gasteiger charge is 2.25. The van der Waals surface area contributed by atoms with E-state index in [0.717, 1.165) is 67.2 Å². The van der Waals surface area contributed by atoms with E-state index < -0.39 is 0 Å². The predicted molar refractivity (Wildman–Crippen MR) is 162 cm³/mol. The van der Waals surface area contributed by atoms with Crippen LogP contribution in [-0.4, -0.2) is 64.5 Å². The van der Waals surface area contributed by atoms with Crippen LogP contribution in [0.2, 0.25) is 0 Å². The van der Waals surface area contributed by atoms with E-state index in [4.69, 9.17) is 9.47 Å². The van der Waals surface area contributed by atoms with Crippen molar-refractivity contribution >= 4 is 50.6 Å². The molecule has 210 valence electrons. The fourth-order valence-electron chi connectivity index (χ4n) is 5.08. The van der Waals surface area contributed by atoms with E-state index in [1.807, 2.05) is 42.5 Å². The lowest BCUT2D eigenvalue weighted by molar-refractivity contribution is 0.0858. The maximum absolute atomic E-state index is 13.4. The van der Waals surface area contributed by atoms with Gasteiger partial charge in [-0.05, 0) is 67.4 Å². The molecule has 3 aromatic rings. The largest absolute Gasteiger partial charge is 0.495 e. The van der Waals surface area contributed by atoms with Gasteiger partial charge in [-0.2, -0.15) is 0 Å². The number of anilines is 4. The predicted octanol–water partition coefficient (Wildman–Crippen LogP) is 5.34. The quantitative estimate of drug-likeness (QED) is 0.320. The first-order chi connectivity index (χ1) is 19.5. The first-order valence-electron chi connectivity index (χ1n) is 13.5. The van der Waals surface area contributed by atoms with Crippen LogP contribution in [0, 0.1) is 0 Å². The molecule has 0 aliphatic carbocycles. The van der Waals surface area contributed by atoms with E-state index in [0.29, 0.717) is 23.5 Å². The second-order valence-electron chi connectivity index (χ2n) is 9.81. The monoisotopic (exact) mass is 607 g/mol. The molecule has 9 nitrogen and oxygen atoms in total. The normalized spacial score (nSPS) is 16.9. The SMILES string of the molecule is COc1ccccc1N1CCN(c2ccc(NC(=O)Nc3ccc(Br)cc3)cc2C(=O)NCC2CCCO2)CC1. The molecule has 2 heterocycles. The molecule has 0 aromatic heterocycles. The number of hydrogen-bond donors (Lipinski definition) is 3. The highest BCUT2D eigenvalue weighted by Crippen LogP contribution is 2.31. The molecule has 1 atom stereocenters. The van der Waals surface area contributed by atoms with Crippen molar-refractivity contribution in [3.8, 4) is 5.75 Å². The molecule has 3 amide bonds. The maximum atomic E-state index is 13.4. The van der Waals surface area contributed by atoms with Gasteiger partial charge >= 0.3 is 6.03 Å². The standard InChI is InChI=1S/C30H34BrN5O4/c1-39-28-7-3-2-6-27(28)36-16-14-35(15-17-36)26-13-12-23(34-30(38)33-22-10-8-21(31)9-11-22)19-25(26)29(37)32-20-24-5-4-18-40-24/h2-3,6-13,19,24H,4-5,14-18,20H2,1H3,(H,32,37)(H2,33,34,38). The summed E-state index contributed by atoms with van der Waals surface area (Å²) >= 11 is 3.40. The number of methoxy groups -OCH3 is 1. The van der Waals surface area contributed by atoms with Crippen molar-refractivity contribution in [3.63, 3.8) is 0 Å². The molecule has 0 spiro atoms. The lowest BCUT2D eigenvalue weighted by atomic mass is 10.1. The van der Waals surface area contributed by atoms with Crippen LogP contribution < -0.4 is 30.5 Å². The zero-order valence-corrected chi connectivity index (χ0v) is 24.1. The van der Waals surface area contributed by atoms with Crippen LogP contribution >= 0.6 is 15.9 Å². The summed E-state index contributed by atoms with van der Waals surface area (Å²) in [5, 5.41) is 8.73. The molecular weight excluding hydrogens is 574 g/mol. The number of ether oxygens (including phenoxy) is 2. The molecule has 1 unspecified atom stereocenters. The van der Waals surface area contributed by atoms with Crippen molar-refractivity contribution in [2.45, 2.75) is 18.9 Å². The highest BCUT2D eigenvalue weighted by molar-refractivity contribution is 9.10. The van der Waals surface area contributed by atoms with Crippen molar-refractivity contribution in [2.24, 2.45) is 0 Å². The van der Waals surface area contributed by atoms with Crippen molar-refractivity contribution in [1.82, 2.24) is 5.32 Å². The molecule has 0 radical (unpaired) electrons. The van der Waals surface area contributed by atoms with Gasteiger partial charge in [-0.25, -0.2) is 4.79 Å². The summed E-state index contributed by atoms with van der Waals surface area (Å²) in [5.41, 5.74) is 3.62. The number of rotatable bonds is 8. The number of hydrogen-bond acceptors (Lipinski definition) is 6. The van der Waals surface area contributed by atoms with Crippen LogP contribution in [0.4, 0.5) is 27.5 Å². The Bertz CT molecular complexity index is 1320. The van der Waals surface area contributed by atoms with Crippen molar-refractivity contribution < 1.29 is 19.1 Å².